The van der Waals surface area contributed by atoms with Gasteiger partial charge >= 0.3 is 0 Å². The summed E-state index contributed by atoms with van der Waals surface area (Å²) in [6.07, 6.45) is 3.05. The van der Waals surface area contributed by atoms with Crippen molar-refractivity contribution in [2.75, 3.05) is 5.33 Å². The first-order chi connectivity index (χ1) is 6.42. The number of nitrogens with zero attached hydrogens (tertiary/aromatic N) is 2. The molecule has 0 aliphatic heterocycles. The molecule has 0 spiro atoms. The average molecular weight is 239 g/mol. The van der Waals surface area contributed by atoms with Crippen molar-refractivity contribution < 1.29 is 0 Å². The number of para-hydroxylation sites is 2. The maximum Gasteiger partial charge on any atom is 0.0958 e. The molecular formula is C10H11BrN2. The zero-order chi connectivity index (χ0) is 9.10. The molecule has 0 fully saturated rings. The molecule has 0 bridgehead atoms. The normalized spacial score (nSPS) is 10.8. The van der Waals surface area contributed by atoms with E-state index in [0.29, 0.717) is 0 Å². The lowest BCUT2D eigenvalue weighted by atomic mass is 10.3. The average Bonchev–Trinajstić information content (AvgIpc) is 2.58. The summed E-state index contributed by atoms with van der Waals surface area (Å²) >= 11 is 3.43. The molecule has 0 aliphatic carbocycles. The number of rotatable bonds is 3. The molecule has 3 heteroatoms. The van der Waals surface area contributed by atoms with Crippen LogP contribution in [0.3, 0.4) is 0 Å². The highest BCUT2D eigenvalue weighted by Gasteiger charge is 1.99. The molecule has 0 N–H and O–H groups in total. The van der Waals surface area contributed by atoms with Crippen LogP contribution in [0, 0.1) is 0 Å². The van der Waals surface area contributed by atoms with E-state index in [1.165, 1.54) is 5.52 Å². The van der Waals surface area contributed by atoms with Crippen molar-refractivity contribution in [3.05, 3.63) is 30.6 Å². The molecular weight excluding hydrogens is 228 g/mol. The van der Waals surface area contributed by atoms with Crippen molar-refractivity contribution in [2.45, 2.75) is 13.0 Å². The van der Waals surface area contributed by atoms with E-state index in [1.807, 2.05) is 18.5 Å². The number of imidazole rings is 1. The molecule has 2 nitrogen and oxygen atoms in total. The Labute approximate surface area is 85.7 Å². The largest absolute Gasteiger partial charge is 0.331 e. The Morgan fingerprint density at radius 1 is 1.31 bits per heavy atom. The number of benzene rings is 1. The van der Waals surface area contributed by atoms with E-state index >= 15 is 0 Å². The van der Waals surface area contributed by atoms with Gasteiger partial charge in [-0.1, -0.05) is 28.1 Å². The first-order valence-electron chi connectivity index (χ1n) is 4.37. The monoisotopic (exact) mass is 238 g/mol. The predicted octanol–water partition coefficient (Wildman–Crippen LogP) is 2.82. The number of hydrogen-bond acceptors (Lipinski definition) is 1. The van der Waals surface area contributed by atoms with Crippen molar-refractivity contribution in [1.82, 2.24) is 9.55 Å². The molecule has 0 radical (unpaired) electrons. The second kappa shape index (κ2) is 3.92. The highest BCUT2D eigenvalue weighted by atomic mass is 79.9. The Balaban J connectivity index is 2.35. The van der Waals surface area contributed by atoms with Crippen LogP contribution in [0.25, 0.3) is 11.0 Å². The number of halogens is 1. The molecule has 1 heterocycles. The molecule has 2 rings (SSSR count). The van der Waals surface area contributed by atoms with Gasteiger partial charge < -0.3 is 4.57 Å². The lowest BCUT2D eigenvalue weighted by Gasteiger charge is -2.00. The summed E-state index contributed by atoms with van der Waals surface area (Å²) < 4.78 is 2.19. The van der Waals surface area contributed by atoms with E-state index in [1.54, 1.807) is 0 Å². The van der Waals surface area contributed by atoms with Gasteiger partial charge in [0.15, 0.2) is 0 Å². The predicted molar refractivity (Wildman–Crippen MR) is 58.1 cm³/mol. The molecule has 0 saturated heterocycles. The molecule has 1 aromatic carbocycles. The van der Waals surface area contributed by atoms with E-state index < -0.39 is 0 Å². The van der Waals surface area contributed by atoms with Crippen LogP contribution in [0.4, 0.5) is 0 Å². The second-order valence-corrected chi connectivity index (χ2v) is 3.76. The van der Waals surface area contributed by atoms with Crippen LogP contribution in [0.5, 0.6) is 0 Å². The summed E-state index contributed by atoms with van der Waals surface area (Å²) in [5, 5.41) is 1.04. The van der Waals surface area contributed by atoms with Crippen LogP contribution in [0.1, 0.15) is 6.42 Å². The van der Waals surface area contributed by atoms with Gasteiger partial charge in [-0.25, -0.2) is 4.98 Å². The Bertz CT molecular complexity index is 394. The van der Waals surface area contributed by atoms with E-state index in [4.69, 9.17) is 0 Å². The van der Waals surface area contributed by atoms with E-state index in [0.717, 1.165) is 23.8 Å². The van der Waals surface area contributed by atoms with Crippen LogP contribution < -0.4 is 0 Å². The molecule has 0 aliphatic rings. The molecule has 0 saturated carbocycles. The Hall–Kier alpha value is -0.830. The molecule has 0 atom stereocenters. The quantitative estimate of drug-likeness (QED) is 0.753. The zero-order valence-corrected chi connectivity index (χ0v) is 8.87. The van der Waals surface area contributed by atoms with Crippen molar-refractivity contribution in [2.24, 2.45) is 0 Å². The third kappa shape index (κ3) is 1.75. The summed E-state index contributed by atoms with van der Waals surface area (Å²) in [7, 11) is 0. The SMILES string of the molecule is BrCCCn1cnc2ccccc21. The molecule has 0 amide bonds. The highest BCUT2D eigenvalue weighted by Crippen LogP contribution is 2.12. The van der Waals surface area contributed by atoms with Gasteiger partial charge in [0, 0.05) is 11.9 Å². The topological polar surface area (TPSA) is 17.8 Å². The maximum absolute atomic E-state index is 4.32. The van der Waals surface area contributed by atoms with Gasteiger partial charge in [0.25, 0.3) is 0 Å². The first-order valence-corrected chi connectivity index (χ1v) is 5.50. The van der Waals surface area contributed by atoms with Gasteiger partial charge in [-0.05, 0) is 18.6 Å². The maximum atomic E-state index is 4.32. The van der Waals surface area contributed by atoms with Crippen molar-refractivity contribution in [1.29, 1.82) is 0 Å². The van der Waals surface area contributed by atoms with Gasteiger partial charge in [0.05, 0.1) is 17.4 Å². The van der Waals surface area contributed by atoms with Gasteiger partial charge in [-0.2, -0.15) is 0 Å². The Kier molecular flexibility index (Phi) is 2.64. The summed E-state index contributed by atoms with van der Waals surface area (Å²) in [5.41, 5.74) is 2.31. The van der Waals surface area contributed by atoms with Crippen LogP contribution in [-0.2, 0) is 6.54 Å². The van der Waals surface area contributed by atoms with Crippen LogP contribution in [-0.4, -0.2) is 14.9 Å². The lowest BCUT2D eigenvalue weighted by molar-refractivity contribution is 0.705. The summed E-state index contributed by atoms with van der Waals surface area (Å²) in [6, 6.07) is 8.22. The van der Waals surface area contributed by atoms with E-state index in [2.05, 4.69) is 37.6 Å². The third-order valence-corrected chi connectivity index (χ3v) is 2.62. The fraction of sp³-hybridized carbons (Fsp3) is 0.300. The van der Waals surface area contributed by atoms with Crippen LogP contribution >= 0.6 is 15.9 Å². The van der Waals surface area contributed by atoms with Gasteiger partial charge in [-0.15, -0.1) is 0 Å². The van der Waals surface area contributed by atoms with Gasteiger partial charge in [-0.3, -0.25) is 0 Å². The van der Waals surface area contributed by atoms with Gasteiger partial charge in [0.2, 0.25) is 0 Å². The number of aromatic nitrogens is 2. The number of fused-ring (bicyclic) bond motifs is 1. The Morgan fingerprint density at radius 3 is 3.00 bits per heavy atom. The van der Waals surface area contributed by atoms with E-state index in [-0.39, 0.29) is 0 Å². The number of hydrogen-bond donors (Lipinski definition) is 0. The molecule has 2 aromatic rings. The van der Waals surface area contributed by atoms with Crippen LogP contribution in [0.2, 0.25) is 0 Å². The summed E-state index contributed by atoms with van der Waals surface area (Å²) in [5.74, 6) is 0. The van der Waals surface area contributed by atoms with Crippen molar-refractivity contribution >= 4 is 27.0 Å². The lowest BCUT2D eigenvalue weighted by Crippen LogP contribution is -1.95. The minimum Gasteiger partial charge on any atom is -0.331 e. The number of alkyl halides is 1. The number of aryl methyl sites for hydroxylation is 1. The Morgan fingerprint density at radius 2 is 2.15 bits per heavy atom. The van der Waals surface area contributed by atoms with Gasteiger partial charge in [0.1, 0.15) is 0 Å². The fourth-order valence-corrected chi connectivity index (χ4v) is 1.67. The molecule has 68 valence electrons. The van der Waals surface area contributed by atoms with Crippen molar-refractivity contribution in [3.63, 3.8) is 0 Å². The zero-order valence-electron chi connectivity index (χ0n) is 7.28. The molecule has 13 heavy (non-hydrogen) atoms. The summed E-state index contributed by atoms with van der Waals surface area (Å²) in [6.45, 7) is 1.03. The minimum atomic E-state index is 1.03. The van der Waals surface area contributed by atoms with E-state index in [9.17, 15) is 0 Å². The van der Waals surface area contributed by atoms with Crippen molar-refractivity contribution in [3.8, 4) is 0 Å². The summed E-state index contributed by atoms with van der Waals surface area (Å²) in [4.78, 5) is 4.32. The van der Waals surface area contributed by atoms with Crippen LogP contribution in [0.15, 0.2) is 30.6 Å². The second-order valence-electron chi connectivity index (χ2n) is 2.97. The minimum absolute atomic E-state index is 1.03. The first kappa shape index (κ1) is 8.75. The third-order valence-electron chi connectivity index (χ3n) is 2.06. The molecule has 0 unspecified atom stereocenters. The smallest absolute Gasteiger partial charge is 0.0958 e. The highest BCUT2D eigenvalue weighted by molar-refractivity contribution is 9.09. The fourth-order valence-electron chi connectivity index (χ4n) is 1.42. The standard InChI is InChI=1S/C10H11BrN2/c11-6-3-7-13-8-12-9-4-1-2-5-10(9)13/h1-2,4-5,8H,3,6-7H2. The molecule has 1 aromatic heterocycles.